The molecular weight excluding hydrogens is 436 g/mol. The van der Waals surface area contributed by atoms with Gasteiger partial charge in [-0.25, -0.2) is 0 Å². The van der Waals surface area contributed by atoms with Gasteiger partial charge >= 0.3 is 0 Å². The van der Waals surface area contributed by atoms with E-state index in [4.69, 9.17) is 5.73 Å². The van der Waals surface area contributed by atoms with Crippen LogP contribution in [0.2, 0.25) is 0 Å². The van der Waals surface area contributed by atoms with Crippen LogP contribution in [-0.4, -0.2) is 27.0 Å². The molecule has 3 N–H and O–H groups in total. The monoisotopic (exact) mass is 464 g/mol. The minimum Gasteiger partial charge on any atom is -0.350 e. The van der Waals surface area contributed by atoms with Crippen LogP contribution in [0.15, 0.2) is 54.7 Å². The smallest absolute Gasteiger partial charge is 0.259 e. The quantitative estimate of drug-likeness (QED) is 0.438. The van der Waals surface area contributed by atoms with Crippen LogP contribution in [0, 0.1) is 5.41 Å². The molecule has 0 bridgehead atoms. The summed E-state index contributed by atoms with van der Waals surface area (Å²) in [4.78, 5) is 26.8. The first-order valence-corrected chi connectivity index (χ1v) is 12.5. The van der Waals surface area contributed by atoms with Gasteiger partial charge in [0, 0.05) is 64.5 Å². The molecule has 0 radical (unpaired) electrons. The second-order valence-corrected chi connectivity index (χ2v) is 10.5. The molecule has 6 heteroatoms. The van der Waals surface area contributed by atoms with E-state index < -0.39 is 0 Å². The fourth-order valence-corrected chi connectivity index (χ4v) is 7.02. The van der Waals surface area contributed by atoms with E-state index in [9.17, 15) is 9.59 Å². The zero-order valence-electron chi connectivity index (χ0n) is 19.8. The lowest BCUT2D eigenvalue weighted by molar-refractivity contribution is -0.122. The second-order valence-electron chi connectivity index (χ2n) is 10.5. The molecule has 1 spiro atoms. The zero-order chi connectivity index (χ0) is 23.9. The summed E-state index contributed by atoms with van der Waals surface area (Å²) < 4.78 is 4.38. The minimum absolute atomic E-state index is 0.0678. The van der Waals surface area contributed by atoms with Crippen molar-refractivity contribution in [2.75, 3.05) is 0 Å². The van der Waals surface area contributed by atoms with Crippen LogP contribution in [0.4, 0.5) is 0 Å². The average Bonchev–Trinajstić information content (AvgIpc) is 3.56. The van der Waals surface area contributed by atoms with E-state index in [1.54, 1.807) is 0 Å². The lowest BCUT2D eigenvalue weighted by Crippen LogP contribution is -2.42. The third-order valence-electron chi connectivity index (χ3n) is 8.76. The molecule has 2 unspecified atom stereocenters. The summed E-state index contributed by atoms with van der Waals surface area (Å²) in [6.45, 7) is 0.885. The van der Waals surface area contributed by atoms with Gasteiger partial charge < -0.3 is 14.9 Å². The Morgan fingerprint density at radius 1 is 0.943 bits per heavy atom. The molecule has 2 aromatic carbocycles. The van der Waals surface area contributed by atoms with Crippen molar-refractivity contribution in [3.8, 4) is 0 Å². The number of rotatable bonds is 2. The number of imide groups is 1. The molecule has 35 heavy (non-hydrogen) atoms. The molecule has 176 valence electrons. The summed E-state index contributed by atoms with van der Waals surface area (Å²) in [7, 11) is 1.97. The van der Waals surface area contributed by atoms with Crippen molar-refractivity contribution >= 4 is 44.8 Å². The molecule has 1 saturated carbocycles. The maximum Gasteiger partial charge on any atom is 0.259 e. The standard InChI is InChI=1S/C29H28N4O2/c1-32-16-19(17-7-2-4-9-20(17)32)25-26(28(35)31-27(25)34)24-18-8-3-5-10-21(18)33-14-13-29(15-22(24)33)12-6-11-23(29)30/h2-5,7-10,16,23H,6,11-15,30H2,1H3,(H,31,34,35). The van der Waals surface area contributed by atoms with Gasteiger partial charge in [-0.3, -0.25) is 14.9 Å². The Kier molecular flexibility index (Phi) is 4.25. The Morgan fingerprint density at radius 2 is 1.66 bits per heavy atom. The molecule has 4 heterocycles. The molecule has 4 aromatic rings. The average molecular weight is 465 g/mol. The number of hydrogen-bond donors (Lipinski definition) is 2. The van der Waals surface area contributed by atoms with Crippen molar-refractivity contribution < 1.29 is 9.59 Å². The van der Waals surface area contributed by atoms with Gasteiger partial charge in [-0.1, -0.05) is 42.8 Å². The van der Waals surface area contributed by atoms with Crippen LogP contribution >= 0.6 is 0 Å². The number of nitrogens with zero attached hydrogens (tertiary/aromatic N) is 2. The molecule has 6 nitrogen and oxygen atoms in total. The SMILES string of the molecule is Cn1cc(C2=C(c3c4n(c5ccccc35)CCC3(CCCC3N)C4)C(=O)NC2=O)c2ccccc21. The van der Waals surface area contributed by atoms with Gasteiger partial charge in [-0.05, 0) is 43.2 Å². The largest absolute Gasteiger partial charge is 0.350 e. The van der Waals surface area contributed by atoms with E-state index in [1.807, 2.05) is 54.2 Å². The molecule has 3 aliphatic rings. The van der Waals surface area contributed by atoms with Crippen LogP contribution in [0.1, 0.15) is 42.5 Å². The Balaban J connectivity index is 1.55. The van der Waals surface area contributed by atoms with E-state index in [0.717, 1.165) is 77.3 Å². The molecular formula is C29H28N4O2. The summed E-state index contributed by atoms with van der Waals surface area (Å²) in [5.74, 6) is -0.638. The van der Waals surface area contributed by atoms with Crippen molar-refractivity contribution in [3.63, 3.8) is 0 Å². The van der Waals surface area contributed by atoms with E-state index >= 15 is 0 Å². The minimum atomic E-state index is -0.325. The summed E-state index contributed by atoms with van der Waals surface area (Å²) in [6.07, 6.45) is 7.19. The number of amides is 2. The molecule has 7 rings (SSSR count). The molecule has 2 atom stereocenters. The van der Waals surface area contributed by atoms with E-state index in [0.29, 0.717) is 11.1 Å². The lowest BCUT2D eigenvalue weighted by Gasteiger charge is -2.39. The van der Waals surface area contributed by atoms with Crippen LogP contribution in [0.3, 0.4) is 0 Å². The fraction of sp³-hybridized carbons (Fsp3) is 0.310. The first kappa shape index (κ1) is 20.7. The molecule has 1 aliphatic carbocycles. The highest BCUT2D eigenvalue weighted by atomic mass is 16.2. The van der Waals surface area contributed by atoms with Crippen molar-refractivity contribution in [1.82, 2.24) is 14.5 Å². The molecule has 1 fully saturated rings. The molecule has 0 saturated heterocycles. The van der Waals surface area contributed by atoms with Crippen molar-refractivity contribution in [2.45, 2.75) is 44.7 Å². The summed E-state index contributed by atoms with van der Waals surface area (Å²) in [6, 6.07) is 16.5. The third-order valence-corrected chi connectivity index (χ3v) is 8.76. The first-order valence-electron chi connectivity index (χ1n) is 12.5. The molecule has 2 aromatic heterocycles. The highest BCUT2D eigenvalue weighted by Gasteiger charge is 2.46. The van der Waals surface area contributed by atoms with Gasteiger partial charge in [-0.15, -0.1) is 0 Å². The maximum atomic E-state index is 13.5. The summed E-state index contributed by atoms with van der Waals surface area (Å²) in [5, 5.41) is 4.63. The first-order chi connectivity index (χ1) is 17.0. The highest BCUT2D eigenvalue weighted by molar-refractivity contribution is 6.51. The van der Waals surface area contributed by atoms with Crippen LogP contribution in [-0.2, 0) is 29.6 Å². The lowest BCUT2D eigenvalue weighted by atomic mass is 9.73. The Morgan fingerprint density at radius 3 is 2.43 bits per heavy atom. The van der Waals surface area contributed by atoms with Crippen LogP contribution in [0.25, 0.3) is 33.0 Å². The van der Waals surface area contributed by atoms with Gasteiger partial charge in [0.05, 0.1) is 11.1 Å². The topological polar surface area (TPSA) is 82.0 Å². The number of fused-ring (bicyclic) bond motifs is 4. The van der Waals surface area contributed by atoms with E-state index in [1.165, 1.54) is 0 Å². The summed E-state index contributed by atoms with van der Waals surface area (Å²) in [5.41, 5.74) is 12.7. The predicted octanol–water partition coefficient (Wildman–Crippen LogP) is 4.14. The Labute approximate surface area is 203 Å². The van der Waals surface area contributed by atoms with Gasteiger partial charge in [-0.2, -0.15) is 0 Å². The number of para-hydroxylation sites is 2. The van der Waals surface area contributed by atoms with E-state index in [2.05, 4.69) is 22.0 Å². The van der Waals surface area contributed by atoms with Crippen molar-refractivity contribution in [1.29, 1.82) is 0 Å². The third kappa shape index (κ3) is 2.74. The van der Waals surface area contributed by atoms with Crippen LogP contribution < -0.4 is 11.1 Å². The summed E-state index contributed by atoms with van der Waals surface area (Å²) >= 11 is 0. The van der Waals surface area contributed by atoms with Gasteiger partial charge in [0.1, 0.15) is 0 Å². The number of benzene rings is 2. The Bertz CT molecular complexity index is 1600. The second kappa shape index (κ2) is 7.18. The van der Waals surface area contributed by atoms with Gasteiger partial charge in [0.15, 0.2) is 0 Å². The van der Waals surface area contributed by atoms with Crippen molar-refractivity contribution in [2.24, 2.45) is 18.2 Å². The number of aryl methyl sites for hydroxylation is 2. The van der Waals surface area contributed by atoms with Crippen LogP contribution in [0.5, 0.6) is 0 Å². The number of nitrogens with one attached hydrogen (secondary N) is 1. The number of carbonyl (C=O) groups excluding carboxylic acids is 2. The van der Waals surface area contributed by atoms with E-state index in [-0.39, 0.29) is 23.3 Å². The molecule has 2 aliphatic heterocycles. The zero-order valence-corrected chi connectivity index (χ0v) is 19.8. The fourth-order valence-electron chi connectivity index (χ4n) is 7.02. The Hall–Kier alpha value is -3.64. The van der Waals surface area contributed by atoms with Crippen molar-refractivity contribution in [3.05, 3.63) is 71.5 Å². The van der Waals surface area contributed by atoms with Gasteiger partial charge in [0.2, 0.25) is 0 Å². The number of aromatic nitrogens is 2. The predicted molar refractivity (Wildman–Crippen MR) is 137 cm³/mol. The number of hydrogen-bond acceptors (Lipinski definition) is 3. The van der Waals surface area contributed by atoms with Gasteiger partial charge in [0.25, 0.3) is 11.8 Å². The normalized spacial score (nSPS) is 24.2. The number of nitrogens with two attached hydrogens (primary N) is 1. The highest BCUT2D eigenvalue weighted by Crippen LogP contribution is 2.50. The maximum absolute atomic E-state index is 13.5. The molecule has 2 amide bonds. The number of carbonyl (C=O) groups is 2.